The summed E-state index contributed by atoms with van der Waals surface area (Å²) in [4.78, 5) is 8.82. The Bertz CT molecular complexity index is 530. The summed E-state index contributed by atoms with van der Waals surface area (Å²) in [7, 11) is -0.744. The summed E-state index contributed by atoms with van der Waals surface area (Å²) >= 11 is 0. The summed E-state index contributed by atoms with van der Waals surface area (Å²) in [6.45, 7) is 1.40. The lowest BCUT2D eigenvalue weighted by Crippen LogP contribution is -2.20. The lowest BCUT2D eigenvalue weighted by molar-refractivity contribution is 0.674. The predicted molar refractivity (Wildman–Crippen MR) is 70.2 cm³/mol. The molecule has 0 saturated carbocycles. The van der Waals surface area contributed by atoms with Crippen molar-refractivity contribution in [3.63, 3.8) is 0 Å². The zero-order chi connectivity index (χ0) is 12.1. The maximum atomic E-state index is 10.9. The Balaban J connectivity index is 1.97. The number of benzene rings is 1. The third kappa shape index (κ3) is 3.57. The van der Waals surface area contributed by atoms with Gasteiger partial charge in [0.25, 0.3) is 0 Å². The van der Waals surface area contributed by atoms with Crippen molar-refractivity contribution in [3.8, 4) is 0 Å². The van der Waals surface area contributed by atoms with Gasteiger partial charge in [-0.1, -0.05) is 12.1 Å². The second-order valence-electron chi connectivity index (χ2n) is 3.80. The first-order valence-electron chi connectivity index (χ1n) is 5.47. The van der Waals surface area contributed by atoms with E-state index < -0.39 is 10.8 Å². The number of nitrogens with zero attached hydrogens (tertiary/aromatic N) is 2. The van der Waals surface area contributed by atoms with E-state index in [1.807, 2.05) is 24.3 Å². The van der Waals surface area contributed by atoms with Gasteiger partial charge in [-0.15, -0.1) is 0 Å². The van der Waals surface area contributed by atoms with Crippen LogP contribution in [0.15, 0.2) is 30.5 Å². The lowest BCUT2D eigenvalue weighted by Gasteiger charge is -2.04. The molecule has 0 fully saturated rings. The van der Waals surface area contributed by atoms with Gasteiger partial charge in [-0.25, -0.2) is 4.98 Å². The van der Waals surface area contributed by atoms with Crippen LogP contribution in [0.4, 0.5) is 0 Å². The summed E-state index contributed by atoms with van der Waals surface area (Å²) in [5.74, 6) is 0.668. The molecular weight excluding hydrogens is 234 g/mol. The Morgan fingerprint density at radius 2 is 2.06 bits per heavy atom. The van der Waals surface area contributed by atoms with Gasteiger partial charge in [0.1, 0.15) is 0 Å². The fraction of sp³-hybridized carbons (Fsp3) is 0.333. The molecule has 1 heterocycles. The van der Waals surface area contributed by atoms with Crippen LogP contribution in [0.1, 0.15) is 5.69 Å². The fourth-order valence-corrected chi connectivity index (χ4v) is 1.94. The number of rotatable bonds is 5. The molecule has 2 aromatic rings. The molecule has 4 nitrogen and oxygen atoms in total. The van der Waals surface area contributed by atoms with Crippen molar-refractivity contribution in [1.82, 2.24) is 15.3 Å². The number of aromatic nitrogens is 2. The second kappa shape index (κ2) is 5.84. The third-order valence-electron chi connectivity index (χ3n) is 2.37. The molecule has 0 saturated heterocycles. The Labute approximate surface area is 103 Å². The van der Waals surface area contributed by atoms with E-state index in [0.717, 1.165) is 23.3 Å². The zero-order valence-electron chi connectivity index (χ0n) is 9.72. The minimum atomic E-state index is -0.744. The highest BCUT2D eigenvalue weighted by Crippen LogP contribution is 2.07. The van der Waals surface area contributed by atoms with Crippen molar-refractivity contribution < 1.29 is 4.21 Å². The summed E-state index contributed by atoms with van der Waals surface area (Å²) in [5.41, 5.74) is 2.72. The first kappa shape index (κ1) is 12.1. The standard InChI is InChI=1S/C12H15N3OS/c1-17(16)7-6-13-8-10-9-14-11-4-2-3-5-12(11)15-10/h2-5,9,13H,6-8H2,1H3. The summed E-state index contributed by atoms with van der Waals surface area (Å²) in [5, 5.41) is 3.20. The summed E-state index contributed by atoms with van der Waals surface area (Å²) < 4.78 is 10.9. The first-order chi connectivity index (χ1) is 8.25. The number of hydrogen-bond acceptors (Lipinski definition) is 4. The van der Waals surface area contributed by atoms with Crippen LogP contribution in [-0.4, -0.2) is 32.7 Å². The normalized spacial score (nSPS) is 12.8. The smallest absolute Gasteiger partial charge is 0.0890 e. The van der Waals surface area contributed by atoms with Crippen molar-refractivity contribution in [3.05, 3.63) is 36.2 Å². The quantitative estimate of drug-likeness (QED) is 0.806. The van der Waals surface area contributed by atoms with E-state index in [9.17, 15) is 4.21 Å². The van der Waals surface area contributed by atoms with E-state index in [2.05, 4.69) is 15.3 Å². The molecule has 1 aromatic heterocycles. The van der Waals surface area contributed by atoms with E-state index in [1.54, 1.807) is 12.5 Å². The van der Waals surface area contributed by atoms with E-state index in [0.29, 0.717) is 12.3 Å². The van der Waals surface area contributed by atoms with Gasteiger partial charge in [-0.2, -0.15) is 0 Å². The molecule has 0 aliphatic heterocycles. The van der Waals surface area contributed by atoms with Crippen molar-refractivity contribution >= 4 is 21.8 Å². The number of nitrogens with one attached hydrogen (secondary N) is 1. The van der Waals surface area contributed by atoms with Crippen molar-refractivity contribution in [2.24, 2.45) is 0 Å². The molecule has 1 N–H and O–H groups in total. The lowest BCUT2D eigenvalue weighted by atomic mass is 10.3. The SMILES string of the molecule is CS(=O)CCNCc1cnc2ccccc2n1. The summed E-state index contributed by atoms with van der Waals surface area (Å²) in [6, 6.07) is 7.80. The molecule has 0 aliphatic carbocycles. The number of fused-ring (bicyclic) bond motifs is 1. The van der Waals surface area contributed by atoms with Gasteiger partial charge in [0.2, 0.25) is 0 Å². The zero-order valence-corrected chi connectivity index (χ0v) is 10.5. The largest absolute Gasteiger partial charge is 0.310 e. The molecule has 0 spiro atoms. The number of para-hydroxylation sites is 2. The highest BCUT2D eigenvalue weighted by Gasteiger charge is 1.99. The van der Waals surface area contributed by atoms with Gasteiger partial charge in [-0.3, -0.25) is 9.19 Å². The van der Waals surface area contributed by atoms with E-state index >= 15 is 0 Å². The molecule has 5 heteroatoms. The highest BCUT2D eigenvalue weighted by atomic mass is 32.2. The summed E-state index contributed by atoms with van der Waals surface area (Å²) in [6.07, 6.45) is 3.48. The minimum Gasteiger partial charge on any atom is -0.310 e. The molecule has 0 radical (unpaired) electrons. The Hall–Kier alpha value is -1.33. The second-order valence-corrected chi connectivity index (χ2v) is 5.36. The Kier molecular flexibility index (Phi) is 4.17. The van der Waals surface area contributed by atoms with Crippen molar-refractivity contribution in [2.45, 2.75) is 6.54 Å². The van der Waals surface area contributed by atoms with E-state index in [1.165, 1.54) is 0 Å². The fourth-order valence-electron chi connectivity index (χ4n) is 1.51. The maximum absolute atomic E-state index is 10.9. The molecule has 1 unspecified atom stereocenters. The molecule has 1 atom stereocenters. The van der Waals surface area contributed by atoms with E-state index in [-0.39, 0.29) is 0 Å². The minimum absolute atomic E-state index is 0.662. The third-order valence-corrected chi connectivity index (χ3v) is 3.15. The van der Waals surface area contributed by atoms with Crippen molar-refractivity contribution in [1.29, 1.82) is 0 Å². The van der Waals surface area contributed by atoms with Crippen LogP contribution in [0.5, 0.6) is 0 Å². The number of hydrogen-bond donors (Lipinski definition) is 1. The molecule has 0 amide bonds. The Morgan fingerprint density at radius 3 is 2.82 bits per heavy atom. The van der Waals surface area contributed by atoms with Crippen LogP contribution < -0.4 is 5.32 Å². The molecule has 2 rings (SSSR count). The molecule has 0 aliphatic rings. The topological polar surface area (TPSA) is 54.9 Å². The maximum Gasteiger partial charge on any atom is 0.0890 e. The predicted octanol–water partition coefficient (Wildman–Crippen LogP) is 1.10. The van der Waals surface area contributed by atoms with Gasteiger partial charge in [0.05, 0.1) is 22.9 Å². The van der Waals surface area contributed by atoms with Gasteiger partial charge < -0.3 is 5.32 Å². The van der Waals surface area contributed by atoms with Crippen LogP contribution in [0, 0.1) is 0 Å². The molecule has 90 valence electrons. The van der Waals surface area contributed by atoms with Crippen LogP contribution in [0.25, 0.3) is 11.0 Å². The molecular formula is C12H15N3OS. The van der Waals surface area contributed by atoms with Crippen molar-refractivity contribution in [2.75, 3.05) is 18.6 Å². The van der Waals surface area contributed by atoms with Gasteiger partial charge >= 0.3 is 0 Å². The molecule has 1 aromatic carbocycles. The van der Waals surface area contributed by atoms with Crippen LogP contribution in [-0.2, 0) is 17.3 Å². The van der Waals surface area contributed by atoms with Gasteiger partial charge in [-0.05, 0) is 12.1 Å². The van der Waals surface area contributed by atoms with Gasteiger partial charge in [0, 0.05) is 35.9 Å². The molecule has 0 bridgehead atoms. The Morgan fingerprint density at radius 1 is 1.29 bits per heavy atom. The van der Waals surface area contributed by atoms with E-state index in [4.69, 9.17) is 0 Å². The van der Waals surface area contributed by atoms with Crippen LogP contribution >= 0.6 is 0 Å². The average molecular weight is 249 g/mol. The highest BCUT2D eigenvalue weighted by molar-refractivity contribution is 7.84. The first-order valence-corrected chi connectivity index (χ1v) is 7.20. The monoisotopic (exact) mass is 249 g/mol. The van der Waals surface area contributed by atoms with Crippen LogP contribution in [0.3, 0.4) is 0 Å². The molecule has 17 heavy (non-hydrogen) atoms. The average Bonchev–Trinajstić information content (AvgIpc) is 2.34. The van der Waals surface area contributed by atoms with Crippen LogP contribution in [0.2, 0.25) is 0 Å². The van der Waals surface area contributed by atoms with Gasteiger partial charge in [0.15, 0.2) is 0 Å².